The number of hydrogen-bond donors (Lipinski definition) is 0. The first-order valence-corrected chi connectivity index (χ1v) is 20.4. The maximum absolute atomic E-state index is 16.4. The molecule has 0 radical (unpaired) electrons. The van der Waals surface area contributed by atoms with E-state index in [2.05, 4.69) is 17.9 Å². The molecule has 0 spiro atoms. The van der Waals surface area contributed by atoms with Gasteiger partial charge in [0.1, 0.15) is 0 Å². The first-order chi connectivity index (χ1) is 27.8. The maximum Gasteiger partial charge on any atom is 0.380 e. The second-order valence-electron chi connectivity index (χ2n) is 15.2. The Labute approximate surface area is 336 Å². The molecule has 1 aliphatic rings. The lowest BCUT2D eigenvalue weighted by Gasteiger charge is -2.26. The summed E-state index contributed by atoms with van der Waals surface area (Å²) in [5.41, 5.74) is -1.88. The number of benzene rings is 8. The molecule has 11 rings (SSSR count). The molecule has 0 atom stereocenters. The molecule has 0 saturated heterocycles. The third-order valence-corrected chi connectivity index (χ3v) is 14.3. The minimum atomic E-state index is -5.70. The van der Waals surface area contributed by atoms with Gasteiger partial charge in [0.05, 0.1) is 4.88 Å². The zero-order valence-electron chi connectivity index (χ0n) is 31.1. The van der Waals surface area contributed by atoms with Gasteiger partial charge in [-0.25, -0.2) is 0 Å². The smallest absolute Gasteiger partial charge is 0.194 e. The molecule has 1 aliphatic carbocycles. The Morgan fingerprint density at radius 1 is 0.466 bits per heavy atom. The minimum absolute atomic E-state index is 0.0289. The third kappa shape index (κ3) is 4.54. The summed E-state index contributed by atoms with van der Waals surface area (Å²) in [4.78, 5) is 1.29. The van der Waals surface area contributed by atoms with Gasteiger partial charge in [0.15, 0.2) is 0 Å². The quantitative estimate of drug-likeness (QED) is 0.0948. The van der Waals surface area contributed by atoms with Crippen molar-refractivity contribution in [3.05, 3.63) is 152 Å². The van der Waals surface area contributed by atoms with Crippen LogP contribution in [0.1, 0.15) is 36.9 Å². The number of hydrogen-bond acceptors (Lipinski definition) is 2. The molecule has 2 aromatic heterocycles. The van der Waals surface area contributed by atoms with Gasteiger partial charge in [0.25, 0.3) is 0 Å². The van der Waals surface area contributed by atoms with Gasteiger partial charge in [-0.05, 0) is 120 Å². The minimum Gasteiger partial charge on any atom is -0.194 e. The van der Waals surface area contributed by atoms with Crippen LogP contribution in [0.25, 0.3) is 86.2 Å². The van der Waals surface area contributed by atoms with E-state index in [-0.39, 0.29) is 26.4 Å². The van der Waals surface area contributed by atoms with Crippen LogP contribution in [0.3, 0.4) is 0 Å². The van der Waals surface area contributed by atoms with Crippen molar-refractivity contribution in [1.82, 2.24) is 0 Å². The summed E-state index contributed by atoms with van der Waals surface area (Å²) in [6.07, 6.45) is 0. The molecule has 2 heterocycles. The van der Waals surface area contributed by atoms with Crippen molar-refractivity contribution in [2.75, 3.05) is 0 Å². The summed E-state index contributed by atoms with van der Waals surface area (Å²) in [7, 11) is 0. The third-order valence-electron chi connectivity index (χ3n) is 12.1. The normalized spacial score (nSPS) is 16.2. The van der Waals surface area contributed by atoms with E-state index in [1.165, 1.54) is 19.9 Å². The Kier molecular flexibility index (Phi) is 7.21. The van der Waals surface area contributed by atoms with E-state index in [0.717, 1.165) is 87.3 Å². The predicted molar refractivity (Wildman–Crippen MR) is 230 cm³/mol. The zero-order chi connectivity index (χ0) is 40.0. The molecule has 0 unspecified atom stereocenters. The lowest BCUT2D eigenvalue weighted by Crippen LogP contribution is -2.49. The van der Waals surface area contributed by atoms with E-state index in [1.807, 2.05) is 103 Å². The largest absolute Gasteiger partial charge is 0.380 e. The monoisotopic (exact) mass is 806 g/mol. The molecule has 0 bridgehead atoms. The summed E-state index contributed by atoms with van der Waals surface area (Å²) in [6.45, 7) is 4.69. The Morgan fingerprint density at radius 2 is 0.966 bits per heavy atom. The predicted octanol–water partition coefficient (Wildman–Crippen LogP) is 15.4. The van der Waals surface area contributed by atoms with Crippen molar-refractivity contribution in [3.8, 4) is 22.3 Å². The molecule has 0 aliphatic heterocycles. The fourth-order valence-corrected chi connectivity index (χ4v) is 11.3. The van der Waals surface area contributed by atoms with E-state index >= 15 is 26.3 Å². The molecule has 10 aromatic rings. The standard InChI is InChI=1S/C50H28F6S2/c1-25-26(2)57-39(23-19-28-10-11-33-14-12-29-6-4-8-31-16-20-35(28)44(33)42(29)31)41(25)47-46(48(51,52)50(55,56)49(47,53)54)38-24-40(58-27(38)3)36-21-17-34-15-13-30-7-5-9-32-18-22-37(36)45(34)43(30)32/h4-18,20-22,24H,1-3H3. The van der Waals surface area contributed by atoms with Crippen molar-refractivity contribution in [2.24, 2.45) is 0 Å². The van der Waals surface area contributed by atoms with Crippen LogP contribution in [-0.4, -0.2) is 17.8 Å². The van der Waals surface area contributed by atoms with Crippen molar-refractivity contribution >= 4 is 98.5 Å². The summed E-state index contributed by atoms with van der Waals surface area (Å²) >= 11 is 2.17. The van der Waals surface area contributed by atoms with Crippen LogP contribution in [0.2, 0.25) is 0 Å². The van der Waals surface area contributed by atoms with Crippen molar-refractivity contribution in [3.63, 3.8) is 0 Å². The second-order valence-corrected chi connectivity index (χ2v) is 17.7. The SMILES string of the molecule is Cc1sc(-c2ccc3ccc4cccc5ccc2c3c45)cc1C1=C(c2c(C#Cc3ccc4ccc5cccc6ccc3c4c56)sc(C)c2C)C(F)(F)C(F)(F)C1(F)F. The lowest BCUT2D eigenvalue weighted by atomic mass is 9.90. The van der Waals surface area contributed by atoms with Crippen LogP contribution in [-0.2, 0) is 0 Å². The highest BCUT2D eigenvalue weighted by Crippen LogP contribution is 2.66. The number of aryl methyl sites for hydroxylation is 2. The van der Waals surface area contributed by atoms with Gasteiger partial charge < -0.3 is 0 Å². The molecular weight excluding hydrogens is 779 g/mol. The highest BCUT2D eigenvalue weighted by atomic mass is 32.1. The number of halogens is 6. The number of allylic oxidation sites excluding steroid dienone is 2. The number of alkyl halides is 6. The molecule has 0 fully saturated rings. The van der Waals surface area contributed by atoms with Crippen LogP contribution >= 0.6 is 22.7 Å². The Bertz CT molecular complexity index is 3450. The molecule has 8 aromatic carbocycles. The Morgan fingerprint density at radius 3 is 1.59 bits per heavy atom. The van der Waals surface area contributed by atoms with Gasteiger partial charge >= 0.3 is 17.8 Å². The fraction of sp³-hybridized carbons (Fsp3) is 0.120. The zero-order valence-corrected chi connectivity index (χ0v) is 32.7. The highest BCUT2D eigenvalue weighted by molar-refractivity contribution is 7.15. The van der Waals surface area contributed by atoms with E-state index < -0.39 is 28.9 Å². The van der Waals surface area contributed by atoms with E-state index in [1.54, 1.807) is 6.92 Å². The van der Waals surface area contributed by atoms with Gasteiger partial charge in [-0.2, -0.15) is 26.3 Å². The van der Waals surface area contributed by atoms with Crippen molar-refractivity contribution in [1.29, 1.82) is 0 Å². The van der Waals surface area contributed by atoms with Gasteiger partial charge in [0.2, 0.25) is 0 Å². The van der Waals surface area contributed by atoms with E-state index in [9.17, 15) is 0 Å². The lowest BCUT2D eigenvalue weighted by molar-refractivity contribution is -0.254. The van der Waals surface area contributed by atoms with Gasteiger partial charge in [-0.1, -0.05) is 109 Å². The van der Waals surface area contributed by atoms with Crippen LogP contribution < -0.4 is 0 Å². The fourth-order valence-electron chi connectivity index (χ4n) is 9.21. The number of thiophene rings is 2. The van der Waals surface area contributed by atoms with E-state index in [0.29, 0.717) is 20.9 Å². The molecule has 0 N–H and O–H groups in total. The molecule has 8 heteroatoms. The Hall–Kier alpha value is -5.88. The van der Waals surface area contributed by atoms with Crippen molar-refractivity contribution in [2.45, 2.75) is 38.5 Å². The maximum atomic E-state index is 16.4. The summed E-state index contributed by atoms with van der Waals surface area (Å²) in [6, 6.07) is 37.2. The molecule has 282 valence electrons. The molecule has 0 nitrogen and oxygen atoms in total. The van der Waals surface area contributed by atoms with Gasteiger partial charge in [-0.3, -0.25) is 0 Å². The van der Waals surface area contributed by atoms with Gasteiger partial charge in [-0.15, -0.1) is 22.7 Å². The summed E-state index contributed by atoms with van der Waals surface area (Å²) in [5.74, 6) is -9.96. The first-order valence-electron chi connectivity index (χ1n) is 18.7. The van der Waals surface area contributed by atoms with Gasteiger partial charge in [0, 0.05) is 36.9 Å². The van der Waals surface area contributed by atoms with Crippen LogP contribution in [0.4, 0.5) is 26.3 Å². The number of rotatable bonds is 3. The molecule has 0 saturated carbocycles. The van der Waals surface area contributed by atoms with Crippen LogP contribution in [0, 0.1) is 32.6 Å². The van der Waals surface area contributed by atoms with Crippen LogP contribution in [0.5, 0.6) is 0 Å². The molecular formula is C50H28F6S2. The second kappa shape index (κ2) is 11.8. The topological polar surface area (TPSA) is 0 Å². The molecule has 58 heavy (non-hydrogen) atoms. The highest BCUT2D eigenvalue weighted by Gasteiger charge is 2.80. The Balaban J connectivity index is 1.12. The first kappa shape index (κ1) is 35.3. The molecule has 0 amide bonds. The average molecular weight is 807 g/mol. The average Bonchev–Trinajstić information content (AvgIpc) is 3.76. The van der Waals surface area contributed by atoms with Crippen molar-refractivity contribution < 1.29 is 26.3 Å². The summed E-state index contributed by atoms with van der Waals surface area (Å²) in [5, 5.41) is 12.0. The van der Waals surface area contributed by atoms with Crippen LogP contribution in [0.15, 0.2) is 115 Å². The van der Waals surface area contributed by atoms with E-state index in [4.69, 9.17) is 0 Å². The summed E-state index contributed by atoms with van der Waals surface area (Å²) < 4.78 is 97.3.